The molecule has 0 atom stereocenters. The number of amides is 1. The number of hydrogen-bond acceptors (Lipinski definition) is 5. The molecule has 2 heterocycles. The predicted octanol–water partition coefficient (Wildman–Crippen LogP) is 1.68. The zero-order valence-electron chi connectivity index (χ0n) is 8.87. The van der Waals surface area contributed by atoms with Gasteiger partial charge in [0, 0.05) is 0 Å². The summed E-state index contributed by atoms with van der Waals surface area (Å²) in [6.07, 6.45) is 0. The number of hydrazone groups is 1. The van der Waals surface area contributed by atoms with E-state index in [0.717, 1.165) is 11.5 Å². The van der Waals surface area contributed by atoms with E-state index in [-0.39, 0.29) is 12.5 Å². The van der Waals surface area contributed by atoms with E-state index in [1.165, 1.54) is 11.8 Å². The Morgan fingerprint density at radius 2 is 2.06 bits per heavy atom. The number of carbonyl (C=O) groups is 1. The first-order valence-electron chi connectivity index (χ1n) is 5.15. The van der Waals surface area contributed by atoms with E-state index < -0.39 is 0 Å². The third-order valence-electron chi connectivity index (χ3n) is 2.59. The number of carbonyl (C=O) groups excluding carboxylic acids is 1. The maximum absolute atomic E-state index is 12.0. The molecule has 6 heteroatoms. The van der Waals surface area contributed by atoms with Crippen molar-refractivity contribution in [2.24, 2.45) is 5.10 Å². The van der Waals surface area contributed by atoms with Crippen LogP contribution in [-0.4, -0.2) is 33.3 Å². The molecule has 1 saturated heterocycles. The van der Waals surface area contributed by atoms with Gasteiger partial charge in [-0.1, -0.05) is 42.2 Å². The van der Waals surface area contributed by atoms with E-state index in [1.807, 2.05) is 30.3 Å². The Labute approximate surface area is 108 Å². The lowest BCUT2D eigenvalue weighted by molar-refractivity contribution is -0.123. The lowest BCUT2D eigenvalue weighted by Gasteiger charge is -2.28. The molecule has 2 aliphatic heterocycles. The second-order valence-corrected chi connectivity index (χ2v) is 5.30. The van der Waals surface area contributed by atoms with Crippen LogP contribution in [0.25, 0.3) is 0 Å². The first-order valence-corrected chi connectivity index (χ1v) is 6.55. The second-order valence-electron chi connectivity index (χ2n) is 3.69. The summed E-state index contributed by atoms with van der Waals surface area (Å²) in [5.74, 6) is 1.41. The summed E-state index contributed by atoms with van der Waals surface area (Å²) in [5.41, 5.74) is 0.927. The fourth-order valence-electron chi connectivity index (χ4n) is 1.80. The Hall–Kier alpha value is -1.40. The van der Waals surface area contributed by atoms with Crippen molar-refractivity contribution in [3.63, 3.8) is 0 Å². The molecule has 0 aliphatic carbocycles. The molecule has 0 radical (unpaired) electrons. The summed E-state index contributed by atoms with van der Waals surface area (Å²) in [6, 6.07) is 9.68. The molecule has 17 heavy (non-hydrogen) atoms. The van der Waals surface area contributed by atoms with Gasteiger partial charge in [-0.3, -0.25) is 9.80 Å². The summed E-state index contributed by atoms with van der Waals surface area (Å²) < 4.78 is 0.612. The summed E-state index contributed by atoms with van der Waals surface area (Å²) in [4.78, 5) is 13.5. The number of rotatable bonds is 1. The fraction of sp³-hybridized carbons (Fsp3) is 0.182. The highest BCUT2D eigenvalue weighted by molar-refractivity contribution is 8.24. The Bertz CT molecular complexity index is 515. The van der Waals surface area contributed by atoms with Crippen LogP contribution in [-0.2, 0) is 4.79 Å². The molecule has 2 aliphatic rings. The van der Waals surface area contributed by atoms with Crippen molar-refractivity contribution in [3.05, 3.63) is 30.3 Å². The Balaban J connectivity index is 1.96. The van der Waals surface area contributed by atoms with E-state index in [1.54, 1.807) is 9.91 Å². The van der Waals surface area contributed by atoms with Crippen molar-refractivity contribution in [3.8, 4) is 0 Å². The molecule has 0 bridgehead atoms. The lowest BCUT2D eigenvalue weighted by Crippen LogP contribution is -2.47. The number of thiocarbonyl (C=S) groups is 1. The number of fused-ring (bicyclic) bond motifs is 1. The molecule has 4 nitrogen and oxygen atoms in total. The zero-order chi connectivity index (χ0) is 11.8. The van der Waals surface area contributed by atoms with Crippen LogP contribution >= 0.6 is 24.0 Å². The summed E-state index contributed by atoms with van der Waals surface area (Å²) in [7, 11) is 0. The second kappa shape index (κ2) is 4.12. The van der Waals surface area contributed by atoms with Gasteiger partial charge < -0.3 is 0 Å². The molecule has 86 valence electrons. The minimum Gasteiger partial charge on any atom is -0.272 e. The van der Waals surface area contributed by atoms with Gasteiger partial charge in [0.1, 0.15) is 16.7 Å². The zero-order valence-corrected chi connectivity index (χ0v) is 10.5. The van der Waals surface area contributed by atoms with Gasteiger partial charge in [-0.25, -0.2) is 4.90 Å². The van der Waals surface area contributed by atoms with Crippen LogP contribution in [0.1, 0.15) is 0 Å². The molecular weight excluding hydrogens is 254 g/mol. The van der Waals surface area contributed by atoms with Crippen LogP contribution in [0.2, 0.25) is 0 Å². The lowest BCUT2D eigenvalue weighted by atomic mass is 10.3. The van der Waals surface area contributed by atoms with Crippen molar-refractivity contribution >= 4 is 45.7 Å². The minimum absolute atomic E-state index is 0.00569. The Morgan fingerprint density at radius 1 is 1.29 bits per heavy atom. The third kappa shape index (κ3) is 1.83. The van der Waals surface area contributed by atoms with Crippen LogP contribution in [0.15, 0.2) is 35.4 Å². The number of hydrogen-bond donors (Lipinski definition) is 0. The van der Waals surface area contributed by atoms with Crippen LogP contribution < -0.4 is 5.01 Å². The number of amidine groups is 1. The number of anilines is 1. The first kappa shape index (κ1) is 10.7. The van der Waals surface area contributed by atoms with Gasteiger partial charge in [0.15, 0.2) is 0 Å². The van der Waals surface area contributed by atoms with Crippen LogP contribution in [0.4, 0.5) is 5.69 Å². The smallest absolute Gasteiger partial charge is 0.255 e. The fourth-order valence-corrected chi connectivity index (χ4v) is 2.96. The van der Waals surface area contributed by atoms with Crippen molar-refractivity contribution in [1.29, 1.82) is 0 Å². The number of para-hydroxylation sites is 1. The first-order chi connectivity index (χ1) is 8.25. The number of nitrogens with zero attached hydrogens (tertiary/aromatic N) is 3. The highest BCUT2D eigenvalue weighted by Gasteiger charge is 2.35. The SMILES string of the molecule is O=C1CN(c2ccccc2)N=C2CSC(=S)N12. The largest absolute Gasteiger partial charge is 0.272 e. The molecule has 0 unspecified atom stereocenters. The molecular formula is C11H9N3OS2. The van der Waals surface area contributed by atoms with Gasteiger partial charge in [0.2, 0.25) is 0 Å². The summed E-state index contributed by atoms with van der Waals surface area (Å²) >= 11 is 6.60. The highest BCUT2D eigenvalue weighted by atomic mass is 32.2. The van der Waals surface area contributed by atoms with Gasteiger partial charge in [0.05, 0.1) is 11.4 Å². The van der Waals surface area contributed by atoms with Crippen molar-refractivity contribution in [1.82, 2.24) is 4.90 Å². The van der Waals surface area contributed by atoms with Gasteiger partial charge in [-0.05, 0) is 12.1 Å². The topological polar surface area (TPSA) is 35.9 Å². The molecule has 1 amide bonds. The Kier molecular flexibility index (Phi) is 2.60. The van der Waals surface area contributed by atoms with E-state index in [0.29, 0.717) is 10.1 Å². The van der Waals surface area contributed by atoms with E-state index in [4.69, 9.17) is 12.2 Å². The van der Waals surface area contributed by atoms with E-state index >= 15 is 0 Å². The summed E-state index contributed by atoms with van der Waals surface area (Å²) in [6.45, 7) is 0.244. The third-order valence-corrected chi connectivity index (χ3v) is 3.96. The van der Waals surface area contributed by atoms with Crippen LogP contribution in [0.5, 0.6) is 0 Å². The molecule has 1 aromatic carbocycles. The van der Waals surface area contributed by atoms with Gasteiger partial charge in [-0.15, -0.1) is 0 Å². The molecule has 3 rings (SSSR count). The van der Waals surface area contributed by atoms with Crippen molar-refractivity contribution in [2.45, 2.75) is 0 Å². The molecule has 0 aromatic heterocycles. The number of thioether (sulfide) groups is 1. The van der Waals surface area contributed by atoms with E-state index in [2.05, 4.69) is 5.10 Å². The maximum Gasteiger partial charge on any atom is 0.255 e. The van der Waals surface area contributed by atoms with Gasteiger partial charge in [0.25, 0.3) is 5.91 Å². The monoisotopic (exact) mass is 263 g/mol. The maximum atomic E-state index is 12.0. The highest BCUT2D eigenvalue weighted by Crippen LogP contribution is 2.26. The molecule has 0 spiro atoms. The summed E-state index contributed by atoms with van der Waals surface area (Å²) in [5, 5.41) is 6.19. The predicted molar refractivity (Wildman–Crippen MR) is 73.1 cm³/mol. The van der Waals surface area contributed by atoms with Crippen LogP contribution in [0.3, 0.4) is 0 Å². The number of benzene rings is 1. The molecule has 0 N–H and O–H groups in total. The van der Waals surface area contributed by atoms with Gasteiger partial charge >= 0.3 is 0 Å². The standard InChI is InChI=1S/C11H9N3OS2/c15-10-6-13(8-4-2-1-3-5-8)12-9-7-17-11(16)14(9)10/h1-5H,6-7H2. The quantitative estimate of drug-likeness (QED) is 0.722. The molecule has 1 fully saturated rings. The average molecular weight is 263 g/mol. The van der Waals surface area contributed by atoms with Crippen LogP contribution in [0, 0.1) is 0 Å². The molecule has 0 saturated carbocycles. The molecule has 1 aromatic rings. The Morgan fingerprint density at radius 3 is 2.82 bits per heavy atom. The average Bonchev–Trinajstić information content (AvgIpc) is 2.73. The normalized spacial score (nSPS) is 19.4. The van der Waals surface area contributed by atoms with Crippen molar-refractivity contribution in [2.75, 3.05) is 17.3 Å². The van der Waals surface area contributed by atoms with E-state index in [9.17, 15) is 4.79 Å². The van der Waals surface area contributed by atoms with Crippen molar-refractivity contribution < 1.29 is 4.79 Å². The minimum atomic E-state index is -0.00569. The van der Waals surface area contributed by atoms with Gasteiger partial charge in [-0.2, -0.15) is 5.10 Å².